The molecule has 0 atom stereocenters. The molecule has 1 N–H and O–H groups in total. The first-order valence-corrected chi connectivity index (χ1v) is 6.30. The molecule has 0 bridgehead atoms. The lowest BCUT2D eigenvalue weighted by Crippen LogP contribution is -2.14. The van der Waals surface area contributed by atoms with Gasteiger partial charge in [0.05, 0.1) is 7.11 Å². The van der Waals surface area contributed by atoms with Gasteiger partial charge < -0.3 is 10.1 Å². The number of ether oxygens (including phenoxy) is 1. The summed E-state index contributed by atoms with van der Waals surface area (Å²) in [5, 5.41) is 3.18. The molecule has 0 spiro atoms. The van der Waals surface area contributed by atoms with E-state index >= 15 is 0 Å². The van der Waals surface area contributed by atoms with Gasteiger partial charge in [0.25, 0.3) is 0 Å². The predicted molar refractivity (Wildman–Crippen MR) is 77.8 cm³/mol. The molecule has 0 radical (unpaired) electrons. The Labute approximate surface area is 119 Å². The van der Waals surface area contributed by atoms with Crippen molar-refractivity contribution in [1.29, 1.82) is 0 Å². The fourth-order valence-corrected chi connectivity index (χ4v) is 1.65. The first-order chi connectivity index (χ1) is 9.54. The number of hydrogen-bond donors (Lipinski definition) is 1. The highest BCUT2D eigenvalue weighted by molar-refractivity contribution is 5.98. The van der Waals surface area contributed by atoms with Crippen LogP contribution in [0.2, 0.25) is 0 Å². The van der Waals surface area contributed by atoms with Gasteiger partial charge in [-0.1, -0.05) is 30.3 Å². The third-order valence-electron chi connectivity index (χ3n) is 2.77. The van der Waals surface area contributed by atoms with Crippen LogP contribution in [0.1, 0.15) is 19.4 Å². The van der Waals surface area contributed by atoms with Crippen LogP contribution in [-0.2, 0) is 20.9 Å². The number of benzene rings is 1. The van der Waals surface area contributed by atoms with Crippen LogP contribution in [-0.4, -0.2) is 18.9 Å². The molecular weight excluding hydrogens is 254 g/mol. The van der Waals surface area contributed by atoms with Gasteiger partial charge in [-0.3, -0.25) is 4.79 Å². The van der Waals surface area contributed by atoms with Gasteiger partial charge in [0, 0.05) is 23.9 Å². The van der Waals surface area contributed by atoms with Gasteiger partial charge in [0.15, 0.2) is 5.78 Å². The Hall–Kier alpha value is -2.36. The molecule has 4 heteroatoms. The van der Waals surface area contributed by atoms with Crippen molar-refractivity contribution in [3.63, 3.8) is 0 Å². The Balaban J connectivity index is 2.79. The van der Waals surface area contributed by atoms with Crippen LogP contribution in [0, 0.1) is 0 Å². The number of carbonyl (C=O) groups excluding carboxylic acids is 2. The molecule has 0 saturated carbocycles. The molecule has 0 heterocycles. The largest absolute Gasteiger partial charge is 0.466 e. The van der Waals surface area contributed by atoms with Crippen LogP contribution < -0.4 is 5.32 Å². The number of rotatable bonds is 6. The molecular formula is C16H19NO3. The molecule has 0 saturated heterocycles. The number of nitrogens with one attached hydrogen (secondary N) is 1. The van der Waals surface area contributed by atoms with E-state index in [0.717, 1.165) is 11.3 Å². The van der Waals surface area contributed by atoms with Crippen molar-refractivity contribution >= 4 is 11.8 Å². The molecule has 4 nitrogen and oxygen atoms in total. The van der Waals surface area contributed by atoms with Gasteiger partial charge in [0.2, 0.25) is 0 Å². The van der Waals surface area contributed by atoms with Crippen molar-refractivity contribution in [3.05, 3.63) is 59.3 Å². The van der Waals surface area contributed by atoms with Crippen LogP contribution in [0.3, 0.4) is 0 Å². The van der Waals surface area contributed by atoms with E-state index in [1.807, 2.05) is 30.3 Å². The first kappa shape index (κ1) is 15.7. The third kappa shape index (κ3) is 5.10. The second-order valence-electron chi connectivity index (χ2n) is 4.29. The zero-order chi connectivity index (χ0) is 15.0. The molecule has 0 aliphatic rings. The van der Waals surface area contributed by atoms with Crippen LogP contribution in [0.25, 0.3) is 0 Å². The summed E-state index contributed by atoms with van der Waals surface area (Å²) in [6.07, 6.45) is 2.71. The lowest BCUT2D eigenvalue weighted by molar-refractivity contribution is -0.134. The van der Waals surface area contributed by atoms with E-state index < -0.39 is 5.97 Å². The van der Waals surface area contributed by atoms with E-state index in [-0.39, 0.29) is 5.78 Å². The van der Waals surface area contributed by atoms with Crippen molar-refractivity contribution in [2.75, 3.05) is 7.11 Å². The maximum Gasteiger partial charge on any atom is 0.330 e. The minimum atomic E-state index is -0.486. The smallest absolute Gasteiger partial charge is 0.330 e. The normalized spacial score (nSPS) is 11.9. The summed E-state index contributed by atoms with van der Waals surface area (Å²) in [7, 11) is 1.30. The Morgan fingerprint density at radius 3 is 2.35 bits per heavy atom. The zero-order valence-electron chi connectivity index (χ0n) is 12.0. The summed E-state index contributed by atoms with van der Waals surface area (Å²) in [6.45, 7) is 3.89. The second-order valence-corrected chi connectivity index (χ2v) is 4.29. The van der Waals surface area contributed by atoms with Crippen molar-refractivity contribution in [1.82, 2.24) is 5.32 Å². The summed E-state index contributed by atoms with van der Waals surface area (Å²) in [5.41, 5.74) is 2.31. The molecule has 0 amide bonds. The fourth-order valence-electron chi connectivity index (χ4n) is 1.65. The van der Waals surface area contributed by atoms with Crippen molar-refractivity contribution in [3.8, 4) is 0 Å². The van der Waals surface area contributed by atoms with Crippen LogP contribution >= 0.6 is 0 Å². The standard InChI is InChI=1S/C16H19NO3/c1-12(17-11-14-7-5-4-6-8-14)15(13(2)18)9-10-16(19)20-3/h4-10,17H,11H2,1-3H3/b10-9+,15-12+. The highest BCUT2D eigenvalue weighted by atomic mass is 16.5. The number of hydrogen-bond acceptors (Lipinski definition) is 4. The van der Waals surface area contributed by atoms with E-state index in [1.165, 1.54) is 26.2 Å². The van der Waals surface area contributed by atoms with Gasteiger partial charge in [0.1, 0.15) is 0 Å². The van der Waals surface area contributed by atoms with E-state index in [0.29, 0.717) is 12.1 Å². The van der Waals surface area contributed by atoms with Crippen molar-refractivity contribution < 1.29 is 14.3 Å². The van der Waals surface area contributed by atoms with E-state index in [1.54, 1.807) is 6.92 Å². The molecule has 1 aromatic carbocycles. The molecule has 0 unspecified atom stereocenters. The van der Waals surface area contributed by atoms with Crippen molar-refractivity contribution in [2.45, 2.75) is 20.4 Å². The maximum absolute atomic E-state index is 11.6. The minimum Gasteiger partial charge on any atom is -0.466 e. The van der Waals surface area contributed by atoms with E-state index in [4.69, 9.17) is 0 Å². The van der Waals surface area contributed by atoms with Gasteiger partial charge in [-0.2, -0.15) is 0 Å². The number of Topliss-reactive ketones (excluding diaryl/α,β-unsaturated/α-hetero) is 1. The molecule has 20 heavy (non-hydrogen) atoms. The van der Waals surface area contributed by atoms with Gasteiger partial charge >= 0.3 is 5.97 Å². The first-order valence-electron chi connectivity index (χ1n) is 6.30. The zero-order valence-corrected chi connectivity index (χ0v) is 12.0. The summed E-state index contributed by atoms with van der Waals surface area (Å²) in [6, 6.07) is 9.86. The maximum atomic E-state index is 11.6. The molecule has 106 valence electrons. The molecule has 0 fully saturated rings. The van der Waals surface area contributed by atoms with Crippen molar-refractivity contribution in [2.24, 2.45) is 0 Å². The van der Waals surface area contributed by atoms with Gasteiger partial charge in [-0.15, -0.1) is 0 Å². The third-order valence-corrected chi connectivity index (χ3v) is 2.77. The SMILES string of the molecule is COC(=O)/C=C/C(C(C)=O)=C(/C)NCc1ccccc1. The summed E-state index contributed by atoms with van der Waals surface area (Å²) >= 11 is 0. The number of allylic oxidation sites excluding steroid dienone is 3. The van der Waals surface area contributed by atoms with Crippen LogP contribution in [0.4, 0.5) is 0 Å². The monoisotopic (exact) mass is 273 g/mol. The molecule has 1 rings (SSSR count). The average molecular weight is 273 g/mol. The molecule has 0 aromatic heterocycles. The number of methoxy groups -OCH3 is 1. The Kier molecular flexibility index (Phi) is 6.23. The Bertz CT molecular complexity index is 530. The second kappa shape index (κ2) is 7.94. The minimum absolute atomic E-state index is 0.108. The van der Waals surface area contributed by atoms with Gasteiger partial charge in [-0.25, -0.2) is 4.79 Å². The van der Waals surface area contributed by atoms with Crippen LogP contribution in [0.15, 0.2) is 53.8 Å². The number of esters is 1. The summed E-state index contributed by atoms with van der Waals surface area (Å²) in [4.78, 5) is 22.7. The lowest BCUT2D eigenvalue weighted by atomic mass is 10.1. The average Bonchev–Trinajstić information content (AvgIpc) is 2.45. The molecule has 1 aromatic rings. The lowest BCUT2D eigenvalue weighted by Gasteiger charge is -2.09. The van der Waals surface area contributed by atoms with E-state index in [2.05, 4.69) is 10.1 Å². The van der Waals surface area contributed by atoms with Crippen LogP contribution in [0.5, 0.6) is 0 Å². The summed E-state index contributed by atoms with van der Waals surface area (Å²) < 4.78 is 4.51. The Morgan fingerprint density at radius 1 is 1.15 bits per heavy atom. The fraction of sp³-hybridized carbons (Fsp3) is 0.250. The van der Waals surface area contributed by atoms with Gasteiger partial charge in [-0.05, 0) is 25.5 Å². The summed E-state index contributed by atoms with van der Waals surface area (Å²) in [5.74, 6) is -0.595. The number of carbonyl (C=O) groups is 2. The number of ketones is 1. The van der Waals surface area contributed by atoms with E-state index in [9.17, 15) is 9.59 Å². The highest BCUT2D eigenvalue weighted by Crippen LogP contribution is 2.07. The topological polar surface area (TPSA) is 55.4 Å². The highest BCUT2D eigenvalue weighted by Gasteiger charge is 2.06. The molecule has 0 aliphatic heterocycles. The predicted octanol–water partition coefficient (Wildman–Crippen LogP) is 2.37. The quantitative estimate of drug-likeness (QED) is 0.491. The molecule has 0 aliphatic carbocycles. The Morgan fingerprint density at radius 2 is 1.80 bits per heavy atom.